The van der Waals surface area contributed by atoms with Gasteiger partial charge in [0.25, 0.3) is 0 Å². The van der Waals surface area contributed by atoms with Crippen molar-refractivity contribution in [2.45, 2.75) is 110 Å². The van der Waals surface area contributed by atoms with E-state index < -0.39 is 5.41 Å². The summed E-state index contributed by atoms with van der Waals surface area (Å²) < 4.78 is 9.54. The van der Waals surface area contributed by atoms with Gasteiger partial charge in [-0.3, -0.25) is 4.57 Å². The molecule has 0 radical (unpaired) electrons. The highest BCUT2D eigenvalue weighted by Crippen LogP contribution is 2.69. The first kappa shape index (κ1) is 51.5. The topological polar surface area (TPSA) is 33.5 Å². The van der Waals surface area contributed by atoms with Crippen LogP contribution in [-0.2, 0) is 27.1 Å². The number of ether oxygens (including phenoxy) is 1. The molecular formula is C77H72N4O. The molecule has 5 nitrogen and oxygen atoms in total. The largest absolute Gasteiger partial charge is 0.457 e. The molecule has 0 saturated heterocycles. The van der Waals surface area contributed by atoms with E-state index in [4.69, 9.17) is 9.72 Å². The highest BCUT2D eigenvalue weighted by atomic mass is 16.5. The molecule has 0 unspecified atom stereocenters. The van der Waals surface area contributed by atoms with E-state index >= 15 is 0 Å². The van der Waals surface area contributed by atoms with Gasteiger partial charge in [0.2, 0.25) is 0 Å². The zero-order chi connectivity index (χ0) is 56.8. The molecule has 1 aliphatic carbocycles. The van der Waals surface area contributed by atoms with Gasteiger partial charge < -0.3 is 14.5 Å². The summed E-state index contributed by atoms with van der Waals surface area (Å²) >= 11 is 0. The van der Waals surface area contributed by atoms with Crippen molar-refractivity contribution in [2.75, 3.05) is 16.5 Å². The Bertz CT molecular complexity index is 4230. The van der Waals surface area contributed by atoms with Gasteiger partial charge in [-0.1, -0.05) is 229 Å². The van der Waals surface area contributed by atoms with E-state index in [2.05, 4.69) is 292 Å². The number of anilines is 4. The van der Waals surface area contributed by atoms with Crippen LogP contribution in [0.25, 0.3) is 61.0 Å². The van der Waals surface area contributed by atoms with Crippen molar-refractivity contribution in [1.82, 2.24) is 9.55 Å². The van der Waals surface area contributed by atoms with E-state index in [1.807, 2.05) is 12.3 Å². The molecule has 0 N–H and O–H groups in total. The van der Waals surface area contributed by atoms with Crippen molar-refractivity contribution in [3.05, 3.63) is 251 Å². The number of hydrogen-bond donors (Lipinski definition) is 0. The van der Waals surface area contributed by atoms with Gasteiger partial charge in [-0.25, -0.2) is 4.98 Å². The van der Waals surface area contributed by atoms with Crippen LogP contribution in [0.15, 0.2) is 206 Å². The summed E-state index contributed by atoms with van der Waals surface area (Å²) in [5.74, 6) is 2.41. The molecule has 406 valence electrons. The number of para-hydroxylation sites is 3. The number of rotatable bonds is 6. The average Bonchev–Trinajstić information content (AvgIpc) is 1.51. The highest BCUT2D eigenvalue weighted by molar-refractivity contribution is 6.10. The van der Waals surface area contributed by atoms with Crippen molar-refractivity contribution < 1.29 is 4.74 Å². The Morgan fingerprint density at radius 3 is 1.52 bits per heavy atom. The Morgan fingerprint density at radius 2 is 0.939 bits per heavy atom. The molecule has 4 heterocycles. The summed E-state index contributed by atoms with van der Waals surface area (Å²) in [6.07, 6.45) is 1.87. The normalized spacial score (nSPS) is 14.3. The second-order valence-electron chi connectivity index (χ2n) is 27.2. The Labute approximate surface area is 484 Å². The number of nitrogens with zero attached hydrogens (tertiary/aromatic N) is 4. The zero-order valence-electron chi connectivity index (χ0n) is 49.5. The standard InChI is InChI=1S/C77H72N4O/c1-73(2,3)50-41-58-59-42-51(74(4,5)6)44-63(76(10,11)12)70(59)77(69(58)62(43-50)75(7,8)9)60-39-37-53(82-52-36-38-57-56-29-19-20-33-64(56)81(66(57)45-52)68-35-21-22-40-78-68)46-67(60)80-47-79(65-34-24-32-61(77)72(65)80)71-54(48-25-15-13-16-26-48)30-23-31-55(71)49-27-17-14-18-28-49/h13-46H,47H2,1-12H3. The second-order valence-corrected chi connectivity index (χ2v) is 27.2. The lowest BCUT2D eigenvalue weighted by Gasteiger charge is -2.46. The van der Waals surface area contributed by atoms with Gasteiger partial charge in [-0.2, -0.15) is 0 Å². The van der Waals surface area contributed by atoms with Crippen LogP contribution in [0.2, 0.25) is 0 Å². The molecule has 0 atom stereocenters. The lowest BCUT2D eigenvalue weighted by molar-refractivity contribution is 0.482. The lowest BCUT2D eigenvalue weighted by atomic mass is 9.59. The Morgan fingerprint density at radius 1 is 0.402 bits per heavy atom. The number of benzene rings is 9. The summed E-state index contributed by atoms with van der Waals surface area (Å²) in [4.78, 5) is 10.1. The Hall–Kier alpha value is -8.67. The maximum atomic E-state index is 7.28. The van der Waals surface area contributed by atoms with E-state index in [9.17, 15) is 0 Å². The van der Waals surface area contributed by atoms with Crippen LogP contribution in [0.3, 0.4) is 0 Å². The minimum absolute atomic E-state index is 0.0982. The van der Waals surface area contributed by atoms with E-state index in [-0.39, 0.29) is 21.7 Å². The summed E-state index contributed by atoms with van der Waals surface area (Å²) in [6, 6.07) is 74.5. The first-order valence-electron chi connectivity index (χ1n) is 29.3. The molecule has 0 fully saturated rings. The minimum Gasteiger partial charge on any atom is -0.457 e. The van der Waals surface area contributed by atoms with Crippen molar-refractivity contribution in [1.29, 1.82) is 0 Å². The fourth-order valence-corrected chi connectivity index (χ4v) is 13.9. The van der Waals surface area contributed by atoms with Crippen molar-refractivity contribution in [3.8, 4) is 50.7 Å². The highest BCUT2D eigenvalue weighted by Gasteiger charge is 2.57. The van der Waals surface area contributed by atoms with Crippen LogP contribution >= 0.6 is 0 Å². The number of fused-ring (bicyclic) bond motifs is 12. The molecule has 82 heavy (non-hydrogen) atoms. The molecule has 3 aliphatic rings. The van der Waals surface area contributed by atoms with E-state index in [1.54, 1.807) is 0 Å². The molecule has 0 amide bonds. The third-order valence-corrected chi connectivity index (χ3v) is 17.8. The van der Waals surface area contributed by atoms with E-state index in [0.29, 0.717) is 6.67 Å². The van der Waals surface area contributed by atoms with Crippen LogP contribution in [0.5, 0.6) is 11.5 Å². The summed E-state index contributed by atoms with van der Waals surface area (Å²) in [5, 5.41) is 2.33. The molecule has 2 aromatic heterocycles. The quantitative estimate of drug-likeness (QED) is 0.166. The SMILES string of the molecule is CC(C)(C)c1cc2c(c(C(C)(C)C)c1)C1(c3ccc(Oc4ccc5c6ccccc6n(-c6ccccn6)c5c4)cc3N3CN(c4c(-c5ccccc5)cccc4-c4ccccc4)c4cccc1c43)c1c-2cc(C(C)(C)C)cc1C(C)(C)C. The van der Waals surface area contributed by atoms with Crippen LogP contribution in [0.4, 0.5) is 22.7 Å². The summed E-state index contributed by atoms with van der Waals surface area (Å²) in [5.41, 5.74) is 23.8. The van der Waals surface area contributed by atoms with Gasteiger partial charge >= 0.3 is 0 Å². The minimum atomic E-state index is -0.738. The molecule has 11 aromatic rings. The predicted molar refractivity (Wildman–Crippen MR) is 344 cm³/mol. The van der Waals surface area contributed by atoms with Crippen molar-refractivity contribution >= 4 is 44.6 Å². The van der Waals surface area contributed by atoms with Gasteiger partial charge in [0.15, 0.2) is 0 Å². The molecule has 0 saturated carbocycles. The molecule has 9 aromatic carbocycles. The van der Waals surface area contributed by atoms with Crippen molar-refractivity contribution in [3.63, 3.8) is 0 Å². The predicted octanol–water partition coefficient (Wildman–Crippen LogP) is 20.4. The van der Waals surface area contributed by atoms with Gasteiger partial charge in [-0.15, -0.1) is 0 Å². The molecule has 0 bridgehead atoms. The maximum absolute atomic E-state index is 7.28. The fraction of sp³-hybridized carbons (Fsp3) is 0.234. The van der Waals surface area contributed by atoms with Crippen molar-refractivity contribution in [2.24, 2.45) is 0 Å². The summed E-state index contributed by atoms with van der Waals surface area (Å²) in [6.45, 7) is 29.4. The van der Waals surface area contributed by atoms with Gasteiger partial charge in [0.05, 0.1) is 39.2 Å². The lowest BCUT2D eigenvalue weighted by Crippen LogP contribution is -2.40. The first-order valence-corrected chi connectivity index (χ1v) is 29.3. The van der Waals surface area contributed by atoms with E-state index in [1.165, 1.54) is 100 Å². The Balaban J connectivity index is 1.09. The Kier molecular flexibility index (Phi) is 11.4. The maximum Gasteiger partial charge on any atom is 0.137 e. The third kappa shape index (κ3) is 7.83. The molecule has 5 heteroatoms. The molecular weight excluding hydrogens is 997 g/mol. The van der Waals surface area contributed by atoms with Gasteiger partial charge in [0, 0.05) is 40.2 Å². The average molecular weight is 1070 g/mol. The van der Waals surface area contributed by atoms with Crippen LogP contribution in [0, 0.1) is 0 Å². The smallest absolute Gasteiger partial charge is 0.137 e. The van der Waals surface area contributed by atoms with Crippen LogP contribution < -0.4 is 14.5 Å². The summed E-state index contributed by atoms with van der Waals surface area (Å²) in [7, 11) is 0. The third-order valence-electron chi connectivity index (χ3n) is 17.8. The fourth-order valence-electron chi connectivity index (χ4n) is 13.9. The number of hydrogen-bond acceptors (Lipinski definition) is 4. The first-order chi connectivity index (χ1) is 39.2. The molecule has 14 rings (SSSR count). The zero-order valence-corrected chi connectivity index (χ0v) is 49.5. The van der Waals surface area contributed by atoms with Crippen LogP contribution in [0.1, 0.15) is 128 Å². The van der Waals surface area contributed by atoms with Gasteiger partial charge in [0.1, 0.15) is 24.0 Å². The van der Waals surface area contributed by atoms with E-state index in [0.717, 1.165) is 39.4 Å². The van der Waals surface area contributed by atoms with Crippen LogP contribution in [-0.4, -0.2) is 16.2 Å². The van der Waals surface area contributed by atoms with Gasteiger partial charge in [-0.05, 0) is 131 Å². The monoisotopic (exact) mass is 1070 g/mol. The second kappa shape index (κ2) is 18.2. The molecule has 1 spiro atoms. The number of aromatic nitrogens is 2. The number of pyridine rings is 1. The molecule has 2 aliphatic heterocycles.